The Labute approximate surface area is 275 Å². The third-order valence-corrected chi connectivity index (χ3v) is 8.26. The third kappa shape index (κ3) is 6.63. The van der Waals surface area contributed by atoms with Gasteiger partial charge < -0.3 is 27.5 Å². The third-order valence-electron chi connectivity index (χ3n) is 8.26. The molecule has 0 fully saturated rings. The first-order chi connectivity index (χ1) is 19.7. The van der Waals surface area contributed by atoms with E-state index < -0.39 is 0 Å². The Morgan fingerprint density at radius 3 is 1.43 bits per heavy atom. The van der Waals surface area contributed by atoms with Gasteiger partial charge in [0.25, 0.3) is 0 Å². The average molecular weight is 696 g/mol. The van der Waals surface area contributed by atoms with E-state index in [-0.39, 0.29) is 24.6 Å². The Balaban J connectivity index is 0.00000158. The molecule has 0 amide bonds. The number of hydrogen-bond donors (Lipinski definition) is 0. The van der Waals surface area contributed by atoms with E-state index in [1.807, 2.05) is 6.20 Å². The average Bonchev–Trinajstić information content (AvgIpc) is 3.41. The second-order valence-electron chi connectivity index (χ2n) is 12.3. The molecule has 0 saturated carbocycles. The number of hydrogen-bond acceptors (Lipinski definition) is 2. The first-order valence-corrected chi connectivity index (χ1v) is 16.8. The van der Waals surface area contributed by atoms with Gasteiger partial charge >= 0.3 is 27.7 Å². The summed E-state index contributed by atoms with van der Waals surface area (Å²) < 4.78 is 0. The van der Waals surface area contributed by atoms with Gasteiger partial charge in [-0.2, -0.15) is 6.20 Å². The van der Waals surface area contributed by atoms with Crippen LogP contribution >= 0.6 is 9.53 Å². The molecular weight excluding hydrogens is 652 g/mol. The van der Waals surface area contributed by atoms with Crippen LogP contribution < -0.4 is 22.2 Å². The van der Waals surface area contributed by atoms with Crippen molar-refractivity contribution >= 4 is 27.0 Å². The van der Waals surface area contributed by atoms with Crippen molar-refractivity contribution in [1.29, 1.82) is 0 Å². The quantitative estimate of drug-likeness (QED) is 0.233. The van der Waals surface area contributed by atoms with Gasteiger partial charge in [0.2, 0.25) is 0 Å². The van der Waals surface area contributed by atoms with Crippen LogP contribution in [-0.4, -0.2) is 6.17 Å². The molecule has 0 saturated heterocycles. The molecule has 2 aliphatic heterocycles. The fourth-order valence-corrected chi connectivity index (χ4v) is 6.26. The van der Waals surface area contributed by atoms with Gasteiger partial charge in [-0.3, -0.25) is 0 Å². The zero-order chi connectivity index (χ0) is 29.8. The van der Waals surface area contributed by atoms with Gasteiger partial charge in [0.15, 0.2) is 0 Å². The SMILES string of the molecule is CC(C)c1cccc(C(C)C)c1N1C=CN(c2c(C(C)C)cccc2C(C)C)C1C1[N-]C=Cc2ccccc21.[Cl-].[Cl][Pd+]. The molecule has 0 bridgehead atoms. The van der Waals surface area contributed by atoms with Crippen LogP contribution in [0.3, 0.4) is 0 Å². The van der Waals surface area contributed by atoms with Crippen molar-refractivity contribution < 1.29 is 30.6 Å². The molecule has 1 unspecified atom stereocenters. The number of nitrogens with zero attached hydrogens (tertiary/aromatic N) is 3. The molecule has 3 aromatic carbocycles. The maximum absolute atomic E-state index is 5.20. The van der Waals surface area contributed by atoms with Crippen molar-refractivity contribution in [3.63, 3.8) is 0 Å². The summed E-state index contributed by atoms with van der Waals surface area (Å²) in [6.45, 7) is 18.5. The molecule has 0 aromatic heterocycles. The van der Waals surface area contributed by atoms with Crippen LogP contribution in [0.5, 0.6) is 0 Å². The van der Waals surface area contributed by atoms with Crippen molar-refractivity contribution in [2.24, 2.45) is 0 Å². The molecular formula is C36H44Cl2N3Pd-. The van der Waals surface area contributed by atoms with E-state index in [1.54, 1.807) is 0 Å². The van der Waals surface area contributed by atoms with Gasteiger partial charge in [-0.1, -0.05) is 134 Å². The van der Waals surface area contributed by atoms with E-state index in [1.165, 1.54) is 44.8 Å². The molecule has 42 heavy (non-hydrogen) atoms. The van der Waals surface area contributed by atoms with Crippen molar-refractivity contribution in [3.05, 3.63) is 118 Å². The van der Waals surface area contributed by atoms with Crippen LogP contribution in [0.2, 0.25) is 0 Å². The van der Waals surface area contributed by atoms with Crippen LogP contribution in [0.25, 0.3) is 11.4 Å². The molecule has 0 radical (unpaired) electrons. The maximum atomic E-state index is 5.20. The topological polar surface area (TPSA) is 20.6 Å². The number of benzene rings is 3. The Hall–Kier alpha value is -2.22. The van der Waals surface area contributed by atoms with E-state index in [4.69, 9.17) is 5.32 Å². The summed E-state index contributed by atoms with van der Waals surface area (Å²) in [6.07, 6.45) is 8.76. The Morgan fingerprint density at radius 2 is 1.02 bits per heavy atom. The van der Waals surface area contributed by atoms with Crippen molar-refractivity contribution in [2.45, 2.75) is 91.3 Å². The van der Waals surface area contributed by atoms with Crippen molar-refractivity contribution in [1.82, 2.24) is 0 Å². The van der Waals surface area contributed by atoms with Crippen molar-refractivity contribution in [3.8, 4) is 0 Å². The van der Waals surface area contributed by atoms with Gasteiger partial charge in [0.1, 0.15) is 6.17 Å². The summed E-state index contributed by atoms with van der Waals surface area (Å²) >= 11 is 2.22. The fourth-order valence-electron chi connectivity index (χ4n) is 6.26. The zero-order valence-electron chi connectivity index (χ0n) is 26.0. The molecule has 5 rings (SSSR count). The van der Waals surface area contributed by atoms with E-state index in [2.05, 4.69) is 172 Å². The van der Waals surface area contributed by atoms with Gasteiger partial charge in [-0.05, 0) is 51.5 Å². The zero-order valence-corrected chi connectivity index (χ0v) is 29.0. The van der Waals surface area contributed by atoms with Crippen LogP contribution in [0, 0.1) is 0 Å². The number of rotatable bonds is 7. The summed E-state index contributed by atoms with van der Waals surface area (Å²) in [5.74, 6) is 1.64. The summed E-state index contributed by atoms with van der Waals surface area (Å²) in [4.78, 5) is 5.08. The van der Waals surface area contributed by atoms with Crippen LogP contribution in [0.15, 0.2) is 79.3 Å². The molecule has 0 N–H and O–H groups in total. The van der Waals surface area contributed by atoms with Gasteiger partial charge in [0, 0.05) is 23.8 Å². The van der Waals surface area contributed by atoms with Crippen molar-refractivity contribution in [2.75, 3.05) is 9.80 Å². The molecule has 228 valence electrons. The molecule has 2 aliphatic rings. The number of fused-ring (bicyclic) bond motifs is 1. The molecule has 1 atom stereocenters. The summed E-state index contributed by atoms with van der Waals surface area (Å²) in [6, 6.07) is 22.4. The second kappa shape index (κ2) is 15.0. The van der Waals surface area contributed by atoms with Crippen LogP contribution in [0.1, 0.15) is 118 Å². The molecule has 2 heterocycles. The number of halogens is 2. The second-order valence-corrected chi connectivity index (χ2v) is 12.3. The predicted molar refractivity (Wildman–Crippen MR) is 175 cm³/mol. The van der Waals surface area contributed by atoms with Crippen LogP contribution in [0.4, 0.5) is 11.4 Å². The van der Waals surface area contributed by atoms with E-state index in [9.17, 15) is 0 Å². The van der Waals surface area contributed by atoms with E-state index >= 15 is 0 Å². The Morgan fingerprint density at radius 1 is 0.619 bits per heavy atom. The molecule has 3 nitrogen and oxygen atoms in total. The first kappa shape index (κ1) is 34.3. The Bertz CT molecular complexity index is 1270. The monoisotopic (exact) mass is 694 g/mol. The summed E-state index contributed by atoms with van der Waals surface area (Å²) in [5, 5.41) is 5.20. The normalized spacial score (nSPS) is 16.1. The minimum atomic E-state index is -0.0401. The molecule has 0 spiro atoms. The van der Waals surface area contributed by atoms with Gasteiger partial charge in [0.05, 0.1) is 0 Å². The molecule has 0 aliphatic carbocycles. The van der Waals surface area contributed by atoms with E-state index in [0.717, 1.165) is 0 Å². The van der Waals surface area contributed by atoms with Crippen LogP contribution in [-0.2, 0) is 18.2 Å². The van der Waals surface area contributed by atoms with Gasteiger partial charge in [-0.25, -0.2) is 0 Å². The standard InChI is InChI=1S/C36H44N3.2ClH.Pd/c1-23(2)28-15-11-16-29(24(3)4)34(28)38-21-22-39(35-30(25(5)6)17-12-18-31(35)26(7)8)36(38)33-32-14-10-9-13-27(32)19-20-37-33;;;/h9-26,33,36H,1-8H3;2*1H;/q-1;;;+2/p-2. The molecule has 6 heteroatoms. The number of anilines is 2. The predicted octanol–water partition coefficient (Wildman–Crippen LogP) is 8.09. The fraction of sp³-hybridized carbons (Fsp3) is 0.389. The van der Waals surface area contributed by atoms with E-state index in [0.29, 0.717) is 23.7 Å². The first-order valence-electron chi connectivity index (χ1n) is 14.8. The number of para-hydroxylation sites is 2. The minimum absolute atomic E-state index is 0. The Kier molecular flexibility index (Phi) is 12.2. The summed E-state index contributed by atoms with van der Waals surface area (Å²) in [7, 11) is 4.49. The molecule has 3 aromatic rings. The van der Waals surface area contributed by atoms with Gasteiger partial charge in [-0.15, -0.1) is 0 Å². The summed E-state index contributed by atoms with van der Waals surface area (Å²) in [5.41, 5.74) is 10.8.